The van der Waals surface area contributed by atoms with Crippen molar-refractivity contribution in [2.75, 3.05) is 0 Å². The molecule has 0 bridgehead atoms. The predicted molar refractivity (Wildman–Crippen MR) is 123 cm³/mol. The Morgan fingerprint density at radius 2 is 1.72 bits per heavy atom. The van der Waals surface area contributed by atoms with E-state index >= 15 is 0 Å². The van der Waals surface area contributed by atoms with Gasteiger partial charge in [-0.25, -0.2) is 0 Å². The molecule has 1 aliphatic heterocycles. The molecule has 3 heterocycles. The summed E-state index contributed by atoms with van der Waals surface area (Å²) in [5, 5.41) is 8.75. The number of hydrogen-bond donors (Lipinski definition) is 0. The molecule has 5 rings (SSSR count). The number of para-hydroxylation sites is 1. The third-order valence-electron chi connectivity index (χ3n) is 5.68. The smallest absolute Gasteiger partial charge is 0.162 e. The number of ketones is 1. The Morgan fingerprint density at radius 1 is 0.938 bits per heavy atom. The van der Waals surface area contributed by atoms with Crippen LogP contribution in [0.25, 0.3) is 5.69 Å². The highest BCUT2D eigenvalue weighted by Gasteiger charge is 2.29. The van der Waals surface area contributed by atoms with Crippen LogP contribution >= 0.6 is 0 Å². The minimum absolute atomic E-state index is 0.0926. The lowest BCUT2D eigenvalue weighted by Gasteiger charge is -2.12. The average molecular weight is 422 g/mol. The van der Waals surface area contributed by atoms with Gasteiger partial charge in [0.15, 0.2) is 5.82 Å². The Bertz CT molecular complexity index is 1310. The molecule has 2 aromatic heterocycles. The molecule has 4 aromatic rings. The number of benzene rings is 2. The summed E-state index contributed by atoms with van der Waals surface area (Å²) in [6.07, 6.45) is 2.33. The number of nitrogens with zero attached hydrogens (tertiary/aromatic N) is 5. The van der Waals surface area contributed by atoms with Crippen molar-refractivity contribution in [3.05, 3.63) is 107 Å². The van der Waals surface area contributed by atoms with Crippen LogP contribution < -0.4 is 0 Å². The highest BCUT2D eigenvalue weighted by molar-refractivity contribution is 6.15. The van der Waals surface area contributed by atoms with Gasteiger partial charge in [-0.3, -0.25) is 19.3 Å². The number of aliphatic imine (C=N–C) groups is 1. The lowest BCUT2D eigenvalue weighted by Crippen LogP contribution is -2.13. The van der Waals surface area contributed by atoms with Gasteiger partial charge in [-0.05, 0) is 31.5 Å². The maximum absolute atomic E-state index is 13.1. The van der Waals surface area contributed by atoms with Gasteiger partial charge in [-0.1, -0.05) is 54.6 Å². The van der Waals surface area contributed by atoms with Crippen molar-refractivity contribution in [3.8, 4) is 5.69 Å². The summed E-state index contributed by atoms with van der Waals surface area (Å²) in [7, 11) is 0. The van der Waals surface area contributed by atoms with Gasteiger partial charge in [0, 0.05) is 35.9 Å². The fourth-order valence-electron chi connectivity index (χ4n) is 4.13. The van der Waals surface area contributed by atoms with Crippen molar-refractivity contribution in [2.24, 2.45) is 4.99 Å². The summed E-state index contributed by atoms with van der Waals surface area (Å²) in [4.78, 5) is 22.5. The molecule has 1 aliphatic rings. The molecule has 158 valence electrons. The number of pyridine rings is 1. The first-order valence-corrected chi connectivity index (χ1v) is 10.7. The molecule has 2 aromatic carbocycles. The normalized spacial score (nSPS) is 14.8. The SMILES string of the molecule is Cc1ccc(CC(=O)CC2N=C(c3ccccc3)c3ccccc3-n3c(C)nnc32)cn1. The molecule has 1 unspecified atom stereocenters. The molecule has 0 spiro atoms. The van der Waals surface area contributed by atoms with Crippen LogP contribution in [0.2, 0.25) is 0 Å². The molecule has 0 saturated carbocycles. The third-order valence-corrected chi connectivity index (χ3v) is 5.68. The van der Waals surface area contributed by atoms with Crippen LogP contribution in [0.1, 0.15) is 46.5 Å². The van der Waals surface area contributed by atoms with Crippen molar-refractivity contribution in [2.45, 2.75) is 32.7 Å². The number of fused-ring (bicyclic) bond motifs is 3. The summed E-state index contributed by atoms with van der Waals surface area (Å²) in [5.41, 5.74) is 5.69. The average Bonchev–Trinajstić information content (AvgIpc) is 3.13. The Kier molecular flexibility index (Phi) is 5.19. The van der Waals surface area contributed by atoms with E-state index in [9.17, 15) is 4.79 Å². The Morgan fingerprint density at radius 3 is 2.50 bits per heavy atom. The van der Waals surface area contributed by atoms with Crippen molar-refractivity contribution >= 4 is 11.5 Å². The van der Waals surface area contributed by atoms with E-state index < -0.39 is 6.04 Å². The van der Waals surface area contributed by atoms with Gasteiger partial charge < -0.3 is 0 Å². The monoisotopic (exact) mass is 421 g/mol. The second kappa shape index (κ2) is 8.30. The maximum Gasteiger partial charge on any atom is 0.162 e. The van der Waals surface area contributed by atoms with E-state index in [-0.39, 0.29) is 12.2 Å². The maximum atomic E-state index is 13.1. The molecule has 0 amide bonds. The third kappa shape index (κ3) is 3.75. The minimum atomic E-state index is -0.426. The predicted octanol–water partition coefficient (Wildman–Crippen LogP) is 4.37. The molecular formula is C26H23N5O. The molecule has 0 radical (unpaired) electrons. The van der Waals surface area contributed by atoms with Gasteiger partial charge in [0.2, 0.25) is 0 Å². The molecule has 0 N–H and O–H groups in total. The quantitative estimate of drug-likeness (QED) is 0.480. The molecule has 0 saturated heterocycles. The summed E-state index contributed by atoms with van der Waals surface area (Å²) in [5.74, 6) is 1.56. The van der Waals surface area contributed by atoms with Crippen LogP contribution in [-0.2, 0) is 11.2 Å². The Hall–Kier alpha value is -3.93. The van der Waals surface area contributed by atoms with Crippen molar-refractivity contribution in [1.82, 2.24) is 19.7 Å². The highest BCUT2D eigenvalue weighted by atomic mass is 16.1. The molecule has 1 atom stereocenters. The lowest BCUT2D eigenvalue weighted by atomic mass is 10.00. The fraction of sp³-hybridized carbons (Fsp3) is 0.192. The van der Waals surface area contributed by atoms with Crippen LogP contribution in [-0.4, -0.2) is 31.2 Å². The van der Waals surface area contributed by atoms with Gasteiger partial charge in [-0.2, -0.15) is 0 Å². The number of aryl methyl sites for hydroxylation is 2. The Labute approximate surface area is 186 Å². The topological polar surface area (TPSA) is 73.0 Å². The van der Waals surface area contributed by atoms with Crippen LogP contribution in [0.5, 0.6) is 0 Å². The number of aromatic nitrogens is 4. The zero-order valence-electron chi connectivity index (χ0n) is 18.1. The van der Waals surface area contributed by atoms with E-state index in [1.165, 1.54) is 0 Å². The second-order valence-corrected chi connectivity index (χ2v) is 8.04. The first kappa shape index (κ1) is 20.0. The van der Waals surface area contributed by atoms with Gasteiger partial charge >= 0.3 is 0 Å². The number of rotatable bonds is 5. The largest absolute Gasteiger partial charge is 0.299 e. The van der Waals surface area contributed by atoms with Crippen molar-refractivity contribution in [1.29, 1.82) is 0 Å². The second-order valence-electron chi connectivity index (χ2n) is 8.04. The first-order chi connectivity index (χ1) is 15.6. The molecule has 0 fully saturated rings. The van der Waals surface area contributed by atoms with Crippen LogP contribution in [0.3, 0.4) is 0 Å². The van der Waals surface area contributed by atoms with Crippen LogP contribution in [0, 0.1) is 13.8 Å². The van der Waals surface area contributed by atoms with E-state index in [0.29, 0.717) is 12.2 Å². The van der Waals surface area contributed by atoms with E-state index in [1.54, 1.807) is 6.20 Å². The highest BCUT2D eigenvalue weighted by Crippen LogP contribution is 2.32. The van der Waals surface area contributed by atoms with Gasteiger partial charge in [-0.15, -0.1) is 10.2 Å². The molecule has 0 aliphatic carbocycles. The van der Waals surface area contributed by atoms with E-state index in [1.807, 2.05) is 73.0 Å². The zero-order valence-corrected chi connectivity index (χ0v) is 18.1. The molecule has 6 heteroatoms. The van der Waals surface area contributed by atoms with Crippen LogP contribution in [0.15, 0.2) is 77.9 Å². The van der Waals surface area contributed by atoms with E-state index in [4.69, 9.17) is 4.99 Å². The number of carbonyl (C=O) groups excluding carboxylic acids is 1. The molecular weight excluding hydrogens is 398 g/mol. The van der Waals surface area contributed by atoms with Gasteiger partial charge in [0.1, 0.15) is 17.6 Å². The molecule has 32 heavy (non-hydrogen) atoms. The number of carbonyl (C=O) groups is 1. The Balaban J connectivity index is 1.58. The minimum Gasteiger partial charge on any atom is -0.299 e. The standard InChI is InChI=1S/C26H23N5O/c1-17-12-13-19(16-27-17)14-21(32)15-23-26-30-29-18(2)31(26)24-11-7-6-10-22(24)25(28-23)20-8-4-3-5-9-20/h3-13,16,23H,14-15H2,1-2H3. The van der Waals surface area contributed by atoms with Gasteiger partial charge in [0.25, 0.3) is 0 Å². The molecule has 6 nitrogen and oxygen atoms in total. The summed E-state index contributed by atoms with van der Waals surface area (Å²) < 4.78 is 2.03. The summed E-state index contributed by atoms with van der Waals surface area (Å²) >= 11 is 0. The lowest BCUT2D eigenvalue weighted by molar-refractivity contribution is -0.118. The van der Waals surface area contributed by atoms with E-state index in [0.717, 1.165) is 39.6 Å². The zero-order chi connectivity index (χ0) is 22.1. The van der Waals surface area contributed by atoms with Gasteiger partial charge in [0.05, 0.1) is 11.4 Å². The van der Waals surface area contributed by atoms with Crippen LogP contribution in [0.4, 0.5) is 0 Å². The summed E-state index contributed by atoms with van der Waals surface area (Å²) in [6.45, 7) is 3.86. The van der Waals surface area contributed by atoms with E-state index in [2.05, 4.69) is 27.3 Å². The first-order valence-electron chi connectivity index (χ1n) is 10.7. The number of hydrogen-bond acceptors (Lipinski definition) is 5. The fourth-order valence-corrected chi connectivity index (χ4v) is 4.13. The number of Topliss-reactive ketones (excluding diaryl/α,β-unsaturated/α-hetero) is 1. The summed E-state index contributed by atoms with van der Waals surface area (Å²) in [6, 6.07) is 21.7. The van der Waals surface area contributed by atoms with Crippen molar-refractivity contribution < 1.29 is 4.79 Å². The van der Waals surface area contributed by atoms with Crippen molar-refractivity contribution in [3.63, 3.8) is 0 Å².